The number of carbonyl (C=O) groups excluding carboxylic acids is 2. The Kier molecular flexibility index (Phi) is 8.00. The third-order valence-corrected chi connectivity index (χ3v) is 5.85. The van der Waals surface area contributed by atoms with E-state index in [0.717, 1.165) is 40.8 Å². The smallest absolute Gasteiger partial charge is 0.326 e. The van der Waals surface area contributed by atoms with Gasteiger partial charge >= 0.3 is 5.97 Å². The molecule has 0 spiro atoms. The van der Waals surface area contributed by atoms with Crippen LogP contribution in [-0.4, -0.2) is 29.7 Å². The van der Waals surface area contributed by atoms with Gasteiger partial charge in [-0.2, -0.15) is 4.99 Å². The number of para-hydroxylation sites is 1. The van der Waals surface area contributed by atoms with Gasteiger partial charge in [0.25, 0.3) is 5.91 Å². The van der Waals surface area contributed by atoms with Crippen LogP contribution in [0.3, 0.4) is 0 Å². The third-order valence-electron chi connectivity index (χ3n) is 4.81. The molecule has 1 amide bonds. The lowest BCUT2D eigenvalue weighted by molar-refractivity contribution is -0.143. The van der Waals surface area contributed by atoms with Gasteiger partial charge in [-0.25, -0.2) is 0 Å². The Morgan fingerprint density at radius 2 is 1.84 bits per heavy atom. The molecule has 0 aliphatic heterocycles. The summed E-state index contributed by atoms with van der Waals surface area (Å²) in [7, 11) is 0. The van der Waals surface area contributed by atoms with Gasteiger partial charge < -0.3 is 14.0 Å². The molecule has 1 heterocycles. The van der Waals surface area contributed by atoms with E-state index in [-0.39, 0.29) is 18.4 Å². The van der Waals surface area contributed by atoms with Crippen molar-refractivity contribution in [1.29, 1.82) is 0 Å². The van der Waals surface area contributed by atoms with Gasteiger partial charge in [0, 0.05) is 5.56 Å². The highest BCUT2D eigenvalue weighted by Crippen LogP contribution is 2.21. The van der Waals surface area contributed by atoms with Crippen LogP contribution in [0.1, 0.15) is 49.0 Å². The number of aryl methyl sites for hydroxylation is 1. The van der Waals surface area contributed by atoms with Crippen LogP contribution in [-0.2, 0) is 16.1 Å². The summed E-state index contributed by atoms with van der Waals surface area (Å²) in [6.45, 7) is 6.87. The Labute approximate surface area is 186 Å². The number of fused-ring (bicyclic) bond motifs is 1. The van der Waals surface area contributed by atoms with Crippen LogP contribution in [0.15, 0.2) is 47.5 Å². The van der Waals surface area contributed by atoms with Gasteiger partial charge in [0.1, 0.15) is 12.3 Å². The average molecular weight is 441 g/mol. The molecule has 6 nitrogen and oxygen atoms in total. The molecule has 0 bridgehead atoms. The molecule has 0 saturated heterocycles. The number of nitrogens with zero attached hydrogens (tertiary/aromatic N) is 2. The molecule has 1 aromatic heterocycles. The van der Waals surface area contributed by atoms with E-state index in [9.17, 15) is 9.59 Å². The minimum atomic E-state index is -0.362. The number of hydrogen-bond donors (Lipinski definition) is 0. The van der Waals surface area contributed by atoms with Crippen molar-refractivity contribution in [2.75, 3.05) is 13.2 Å². The highest BCUT2D eigenvalue weighted by Gasteiger charge is 2.14. The summed E-state index contributed by atoms with van der Waals surface area (Å²) in [5, 5.41) is 0. The summed E-state index contributed by atoms with van der Waals surface area (Å²) < 4.78 is 13.5. The Morgan fingerprint density at radius 1 is 1.06 bits per heavy atom. The van der Waals surface area contributed by atoms with Crippen LogP contribution in [0.5, 0.6) is 5.75 Å². The fourth-order valence-corrected chi connectivity index (χ4v) is 4.37. The molecule has 0 atom stereocenters. The number of hydrogen-bond acceptors (Lipinski definition) is 5. The monoisotopic (exact) mass is 440 g/mol. The maximum atomic E-state index is 12.8. The van der Waals surface area contributed by atoms with E-state index in [4.69, 9.17) is 9.47 Å². The summed E-state index contributed by atoms with van der Waals surface area (Å²) >= 11 is 1.38. The zero-order valence-corrected chi connectivity index (χ0v) is 19.0. The number of ether oxygens (including phenoxy) is 2. The normalized spacial score (nSPS) is 11.6. The van der Waals surface area contributed by atoms with Gasteiger partial charge in [-0.3, -0.25) is 9.59 Å². The van der Waals surface area contributed by atoms with E-state index in [0.29, 0.717) is 23.6 Å². The zero-order chi connectivity index (χ0) is 22.2. The number of benzene rings is 2. The van der Waals surface area contributed by atoms with Crippen LogP contribution < -0.4 is 9.54 Å². The van der Waals surface area contributed by atoms with Crippen molar-refractivity contribution in [2.24, 2.45) is 4.99 Å². The van der Waals surface area contributed by atoms with Gasteiger partial charge in [-0.1, -0.05) is 43.2 Å². The van der Waals surface area contributed by atoms with Gasteiger partial charge in [-0.05, 0) is 56.2 Å². The molecule has 3 aromatic rings. The predicted molar refractivity (Wildman–Crippen MR) is 123 cm³/mol. The second-order valence-corrected chi connectivity index (χ2v) is 8.20. The molecule has 0 fully saturated rings. The Balaban J connectivity index is 1.88. The van der Waals surface area contributed by atoms with Crippen molar-refractivity contribution >= 4 is 33.4 Å². The topological polar surface area (TPSA) is 69.9 Å². The molecule has 0 aliphatic rings. The lowest BCUT2D eigenvalue weighted by Crippen LogP contribution is -2.23. The minimum absolute atomic E-state index is 0.00927. The number of thiazole rings is 1. The number of amides is 1. The maximum Gasteiger partial charge on any atom is 0.326 e. The van der Waals surface area contributed by atoms with Crippen LogP contribution in [0.4, 0.5) is 0 Å². The van der Waals surface area contributed by atoms with E-state index < -0.39 is 0 Å². The highest BCUT2D eigenvalue weighted by molar-refractivity contribution is 7.16. The molecule has 0 saturated carbocycles. The molecule has 0 unspecified atom stereocenters. The van der Waals surface area contributed by atoms with Crippen molar-refractivity contribution in [3.63, 3.8) is 0 Å². The van der Waals surface area contributed by atoms with Crippen molar-refractivity contribution < 1.29 is 19.1 Å². The molecular formula is C24H28N2O4S. The van der Waals surface area contributed by atoms with Gasteiger partial charge in [0.2, 0.25) is 0 Å². The Morgan fingerprint density at radius 3 is 2.55 bits per heavy atom. The standard InChI is InChI=1S/C24H28N2O4S/c1-4-6-7-15-30-19-13-11-18(12-14-19)23(28)25-24-26(16-21(27)29-5-2)22-17(3)9-8-10-20(22)31-24/h8-14H,4-7,15-16H2,1-3H3. The summed E-state index contributed by atoms with van der Waals surface area (Å²) in [6, 6.07) is 12.9. The van der Waals surface area contributed by atoms with Gasteiger partial charge in [0.15, 0.2) is 4.80 Å². The first-order chi connectivity index (χ1) is 15.0. The molecule has 0 N–H and O–H groups in total. The van der Waals surface area contributed by atoms with Crippen molar-refractivity contribution in [3.8, 4) is 5.75 Å². The Bertz CT molecular complexity index is 1110. The SMILES string of the molecule is CCCCCOc1ccc(C(=O)N=c2sc3cccc(C)c3n2CC(=O)OCC)cc1. The molecular weight excluding hydrogens is 412 g/mol. The fourth-order valence-electron chi connectivity index (χ4n) is 3.26. The maximum absolute atomic E-state index is 12.8. The molecule has 31 heavy (non-hydrogen) atoms. The second-order valence-electron chi connectivity index (χ2n) is 7.19. The summed E-state index contributed by atoms with van der Waals surface area (Å²) in [5.74, 6) is 0.0193. The van der Waals surface area contributed by atoms with E-state index in [1.807, 2.05) is 25.1 Å². The number of unbranched alkanes of at least 4 members (excludes halogenated alkanes) is 2. The van der Waals surface area contributed by atoms with Crippen molar-refractivity contribution in [1.82, 2.24) is 4.57 Å². The predicted octanol–water partition coefficient (Wildman–Crippen LogP) is 4.88. The summed E-state index contributed by atoms with van der Waals surface area (Å²) in [6.07, 6.45) is 3.29. The zero-order valence-electron chi connectivity index (χ0n) is 18.2. The number of carbonyl (C=O) groups is 2. The van der Waals surface area contributed by atoms with Gasteiger partial charge in [0.05, 0.1) is 23.4 Å². The van der Waals surface area contributed by atoms with Crippen LogP contribution in [0, 0.1) is 6.92 Å². The minimum Gasteiger partial charge on any atom is -0.494 e. The first kappa shape index (κ1) is 22.7. The highest BCUT2D eigenvalue weighted by atomic mass is 32.1. The first-order valence-corrected chi connectivity index (χ1v) is 11.4. The van der Waals surface area contributed by atoms with E-state index in [1.54, 1.807) is 35.8 Å². The quantitative estimate of drug-likeness (QED) is 0.351. The molecule has 0 aliphatic carbocycles. The van der Waals surface area contributed by atoms with Crippen LogP contribution >= 0.6 is 11.3 Å². The van der Waals surface area contributed by atoms with Crippen molar-refractivity contribution in [2.45, 2.75) is 46.6 Å². The molecule has 7 heteroatoms. The van der Waals surface area contributed by atoms with Crippen LogP contribution in [0.25, 0.3) is 10.2 Å². The van der Waals surface area contributed by atoms with E-state index >= 15 is 0 Å². The molecule has 0 radical (unpaired) electrons. The Hall–Kier alpha value is -2.93. The lowest BCUT2D eigenvalue weighted by Gasteiger charge is -2.07. The first-order valence-electron chi connectivity index (χ1n) is 10.6. The molecule has 3 rings (SSSR count). The van der Waals surface area contributed by atoms with E-state index in [1.165, 1.54) is 11.3 Å². The van der Waals surface area contributed by atoms with Gasteiger partial charge in [-0.15, -0.1) is 0 Å². The fraction of sp³-hybridized carbons (Fsp3) is 0.375. The number of rotatable bonds is 9. The summed E-state index contributed by atoms with van der Waals surface area (Å²) in [4.78, 5) is 29.8. The lowest BCUT2D eigenvalue weighted by atomic mass is 10.2. The van der Waals surface area contributed by atoms with Crippen molar-refractivity contribution in [3.05, 3.63) is 58.4 Å². The average Bonchev–Trinajstić information content (AvgIpc) is 3.10. The molecule has 2 aromatic carbocycles. The van der Waals surface area contributed by atoms with Crippen LogP contribution in [0.2, 0.25) is 0 Å². The largest absolute Gasteiger partial charge is 0.494 e. The second kappa shape index (κ2) is 10.9. The third kappa shape index (κ3) is 5.82. The number of aromatic nitrogens is 1. The van der Waals surface area contributed by atoms with E-state index in [2.05, 4.69) is 11.9 Å². The molecule has 164 valence electrons. The summed E-state index contributed by atoms with van der Waals surface area (Å²) in [5.41, 5.74) is 2.37. The number of esters is 1.